The Morgan fingerprint density at radius 1 is 1.09 bits per heavy atom. The fourth-order valence-corrected chi connectivity index (χ4v) is 4.59. The number of benzene rings is 2. The molecule has 0 radical (unpaired) electrons. The molecule has 5 nitrogen and oxygen atoms in total. The minimum Gasteiger partial charge on any atom is -0.343 e. The van der Waals surface area contributed by atoms with Crippen LogP contribution >= 0.6 is 0 Å². The second-order valence-electron chi connectivity index (χ2n) is 9.50. The Morgan fingerprint density at radius 2 is 1.85 bits per heavy atom. The molecule has 33 heavy (non-hydrogen) atoms. The molecule has 0 N–H and O–H groups in total. The number of carbonyl (C=O) groups is 1. The maximum Gasteiger partial charge on any atom is 0.272 e. The van der Waals surface area contributed by atoms with Crippen LogP contribution in [0.3, 0.4) is 0 Å². The van der Waals surface area contributed by atoms with Crippen LogP contribution in [0.2, 0.25) is 0 Å². The number of amides is 1. The molecule has 1 fully saturated rings. The second kappa shape index (κ2) is 9.40. The van der Waals surface area contributed by atoms with Gasteiger partial charge in [0.25, 0.3) is 5.91 Å². The number of nitrogens with zero attached hydrogens (tertiary/aromatic N) is 4. The van der Waals surface area contributed by atoms with Crippen molar-refractivity contribution in [2.75, 3.05) is 27.2 Å². The Hall–Kier alpha value is -3.12. The van der Waals surface area contributed by atoms with E-state index in [1.165, 1.54) is 17.7 Å². The summed E-state index contributed by atoms with van der Waals surface area (Å²) in [5.74, 6) is 0.421. The van der Waals surface area contributed by atoms with Crippen LogP contribution < -0.4 is 0 Å². The quantitative estimate of drug-likeness (QED) is 0.562. The first-order valence-corrected chi connectivity index (χ1v) is 11.4. The van der Waals surface area contributed by atoms with Crippen LogP contribution in [0.1, 0.15) is 47.3 Å². The van der Waals surface area contributed by atoms with Crippen molar-refractivity contribution in [3.8, 4) is 11.1 Å². The summed E-state index contributed by atoms with van der Waals surface area (Å²) >= 11 is 0. The number of halogens is 1. The van der Waals surface area contributed by atoms with Gasteiger partial charge in [-0.05, 0) is 67.3 Å². The number of carbonyl (C=O) groups excluding carboxylic acids is 1. The highest BCUT2D eigenvalue weighted by Crippen LogP contribution is 2.33. The molecule has 4 rings (SSSR count). The molecule has 2 aromatic carbocycles. The summed E-state index contributed by atoms with van der Waals surface area (Å²) in [7, 11) is 3.48. The first kappa shape index (κ1) is 23.1. The van der Waals surface area contributed by atoms with E-state index in [1.54, 1.807) is 25.1 Å². The fourth-order valence-electron chi connectivity index (χ4n) is 4.59. The summed E-state index contributed by atoms with van der Waals surface area (Å²) in [5, 5.41) is 0. The van der Waals surface area contributed by atoms with E-state index in [1.807, 2.05) is 19.1 Å². The van der Waals surface area contributed by atoms with Gasteiger partial charge in [0.05, 0.1) is 0 Å². The number of likely N-dealkylation sites (tertiary alicyclic amines) is 1. The van der Waals surface area contributed by atoms with Crippen LogP contribution in [0.15, 0.2) is 54.6 Å². The number of aryl methyl sites for hydroxylation is 1. The Balaban J connectivity index is 1.54. The van der Waals surface area contributed by atoms with E-state index in [4.69, 9.17) is 9.97 Å². The van der Waals surface area contributed by atoms with E-state index in [2.05, 4.69) is 36.1 Å². The molecule has 1 aliphatic heterocycles. The van der Waals surface area contributed by atoms with Crippen LogP contribution in [0.5, 0.6) is 0 Å². The average molecular weight is 447 g/mol. The highest BCUT2D eigenvalue weighted by Gasteiger charge is 2.36. The van der Waals surface area contributed by atoms with Crippen molar-refractivity contribution in [1.29, 1.82) is 0 Å². The van der Waals surface area contributed by atoms with Gasteiger partial charge in [-0.25, -0.2) is 14.4 Å². The molecule has 3 aromatic rings. The molecule has 6 heteroatoms. The van der Waals surface area contributed by atoms with E-state index in [-0.39, 0.29) is 17.1 Å². The number of hydrogen-bond donors (Lipinski definition) is 0. The number of aromatic nitrogens is 2. The summed E-state index contributed by atoms with van der Waals surface area (Å²) in [6, 6.07) is 16.8. The van der Waals surface area contributed by atoms with Gasteiger partial charge in [0.1, 0.15) is 17.3 Å². The van der Waals surface area contributed by atoms with Gasteiger partial charge >= 0.3 is 0 Å². The normalized spacial score (nSPS) is 18.8. The molecule has 1 aliphatic rings. The zero-order valence-corrected chi connectivity index (χ0v) is 19.8. The predicted octanol–water partition coefficient (Wildman–Crippen LogP) is 4.85. The Morgan fingerprint density at radius 3 is 2.58 bits per heavy atom. The van der Waals surface area contributed by atoms with Crippen molar-refractivity contribution in [3.05, 3.63) is 83.2 Å². The van der Waals surface area contributed by atoms with Gasteiger partial charge in [-0.2, -0.15) is 0 Å². The minimum absolute atomic E-state index is 0.101. The summed E-state index contributed by atoms with van der Waals surface area (Å²) in [5.41, 5.74) is 4.35. The van der Waals surface area contributed by atoms with Crippen molar-refractivity contribution in [2.45, 2.75) is 38.6 Å². The molecule has 172 valence electrons. The zero-order chi connectivity index (χ0) is 23.6. The molecule has 1 atom stereocenters. The highest BCUT2D eigenvalue weighted by atomic mass is 19.1. The minimum atomic E-state index is -0.226. The Kier molecular flexibility index (Phi) is 6.56. The number of rotatable bonds is 5. The lowest BCUT2D eigenvalue weighted by Gasteiger charge is -2.39. The smallest absolute Gasteiger partial charge is 0.272 e. The molecule has 1 aromatic heterocycles. The van der Waals surface area contributed by atoms with Crippen molar-refractivity contribution in [3.63, 3.8) is 0 Å². The highest BCUT2D eigenvalue weighted by molar-refractivity contribution is 5.92. The molecule has 0 aliphatic carbocycles. The maximum atomic E-state index is 13.3. The van der Waals surface area contributed by atoms with Crippen molar-refractivity contribution < 1.29 is 9.18 Å². The van der Waals surface area contributed by atoms with Crippen molar-refractivity contribution >= 4 is 5.91 Å². The first-order chi connectivity index (χ1) is 15.7. The van der Waals surface area contributed by atoms with Crippen LogP contribution in [0.4, 0.5) is 4.39 Å². The molecule has 0 spiro atoms. The van der Waals surface area contributed by atoms with Crippen LogP contribution in [0, 0.1) is 12.7 Å². The van der Waals surface area contributed by atoms with Gasteiger partial charge < -0.3 is 4.90 Å². The maximum absolute atomic E-state index is 13.3. The Labute approximate surface area is 195 Å². The van der Waals surface area contributed by atoms with E-state index in [0.717, 1.165) is 55.1 Å². The lowest BCUT2D eigenvalue weighted by Crippen LogP contribution is -2.45. The molecule has 1 amide bonds. The van der Waals surface area contributed by atoms with Crippen LogP contribution in [-0.2, 0) is 12.0 Å². The number of piperidine rings is 1. The van der Waals surface area contributed by atoms with Crippen LogP contribution in [-0.4, -0.2) is 52.9 Å². The zero-order valence-electron chi connectivity index (χ0n) is 19.8. The van der Waals surface area contributed by atoms with E-state index >= 15 is 0 Å². The molecule has 1 saturated heterocycles. The van der Waals surface area contributed by atoms with Crippen molar-refractivity contribution in [2.24, 2.45) is 0 Å². The SMILES string of the molecule is Cc1cc(C(=O)N(C)C)nc(C2(C)CCCN(Cc3cccc(-c4ccc(F)cc4)c3)C2)n1. The monoisotopic (exact) mass is 446 g/mol. The molecule has 0 bridgehead atoms. The third kappa shape index (κ3) is 5.28. The van der Waals surface area contributed by atoms with Gasteiger partial charge in [0.2, 0.25) is 0 Å². The van der Waals surface area contributed by atoms with E-state index < -0.39 is 0 Å². The summed E-state index contributed by atoms with van der Waals surface area (Å²) in [6.45, 7) is 6.77. The third-order valence-electron chi connectivity index (χ3n) is 6.31. The average Bonchev–Trinajstić information content (AvgIpc) is 2.79. The van der Waals surface area contributed by atoms with Gasteiger partial charge in [0, 0.05) is 38.3 Å². The van der Waals surface area contributed by atoms with Crippen molar-refractivity contribution in [1.82, 2.24) is 19.8 Å². The standard InChI is InChI=1S/C27H31FN4O/c1-19-15-24(25(33)31(3)4)30-26(29-19)27(2)13-6-14-32(18-27)17-20-7-5-8-22(16-20)21-9-11-23(28)12-10-21/h5,7-12,15-16H,6,13-14,17-18H2,1-4H3. The van der Waals surface area contributed by atoms with Gasteiger partial charge in [-0.15, -0.1) is 0 Å². The van der Waals surface area contributed by atoms with Gasteiger partial charge in [-0.1, -0.05) is 37.3 Å². The topological polar surface area (TPSA) is 49.3 Å². The van der Waals surface area contributed by atoms with Crippen LogP contribution in [0.25, 0.3) is 11.1 Å². The van der Waals surface area contributed by atoms with E-state index in [9.17, 15) is 9.18 Å². The molecular formula is C27H31FN4O. The molecule has 1 unspecified atom stereocenters. The predicted molar refractivity (Wildman–Crippen MR) is 128 cm³/mol. The summed E-state index contributed by atoms with van der Waals surface area (Å²) < 4.78 is 13.3. The Bertz CT molecular complexity index is 1150. The molecular weight excluding hydrogens is 415 g/mol. The summed E-state index contributed by atoms with van der Waals surface area (Å²) in [6.07, 6.45) is 2.03. The largest absolute Gasteiger partial charge is 0.343 e. The van der Waals surface area contributed by atoms with E-state index in [0.29, 0.717) is 5.69 Å². The molecule has 2 heterocycles. The third-order valence-corrected chi connectivity index (χ3v) is 6.31. The number of hydrogen-bond acceptors (Lipinski definition) is 4. The van der Waals surface area contributed by atoms with Gasteiger partial charge in [-0.3, -0.25) is 9.69 Å². The molecule has 0 saturated carbocycles. The second-order valence-corrected chi connectivity index (χ2v) is 9.50. The summed E-state index contributed by atoms with van der Waals surface area (Å²) in [4.78, 5) is 25.9. The lowest BCUT2D eigenvalue weighted by atomic mass is 9.80. The first-order valence-electron chi connectivity index (χ1n) is 11.4. The fraction of sp³-hybridized carbons (Fsp3) is 0.370. The van der Waals surface area contributed by atoms with Gasteiger partial charge in [0.15, 0.2) is 0 Å². The lowest BCUT2D eigenvalue weighted by molar-refractivity contribution is 0.0820.